The van der Waals surface area contributed by atoms with Gasteiger partial charge in [-0.15, -0.1) is 12.4 Å². The van der Waals surface area contributed by atoms with Gasteiger partial charge < -0.3 is 21.5 Å². The Balaban J connectivity index is 0.00000441. The van der Waals surface area contributed by atoms with E-state index in [2.05, 4.69) is 5.32 Å². The van der Waals surface area contributed by atoms with Gasteiger partial charge in [0.2, 0.25) is 0 Å². The number of carbonyl (C=O) groups excluding carboxylic acids is 2. The topological polar surface area (TPSA) is 107 Å². The highest BCUT2D eigenvalue weighted by Gasteiger charge is 2.26. The largest absolute Gasteiger partial charge is 0.484 e. The Morgan fingerprint density at radius 1 is 1.18 bits per heavy atom. The van der Waals surface area contributed by atoms with Crippen LogP contribution in [-0.4, -0.2) is 30.5 Å². The molecule has 22 heavy (non-hydrogen) atoms. The van der Waals surface area contributed by atoms with Crippen LogP contribution >= 0.6 is 12.4 Å². The van der Waals surface area contributed by atoms with Crippen LogP contribution in [0.25, 0.3) is 0 Å². The van der Waals surface area contributed by atoms with Gasteiger partial charge in [-0.2, -0.15) is 0 Å². The fourth-order valence-electron chi connectivity index (χ4n) is 1.94. The summed E-state index contributed by atoms with van der Waals surface area (Å²) in [6, 6.07) is 6.52. The molecule has 1 rings (SSSR count). The molecule has 0 heterocycles. The number of carbonyl (C=O) groups is 2. The quantitative estimate of drug-likeness (QED) is 0.666. The van der Waals surface area contributed by atoms with Crippen LogP contribution in [0.3, 0.4) is 0 Å². The van der Waals surface area contributed by atoms with Gasteiger partial charge in [0, 0.05) is 12.1 Å². The molecule has 0 aliphatic rings. The lowest BCUT2D eigenvalue weighted by molar-refractivity contribution is -0.119. The number of hydrogen-bond donors (Lipinski definition) is 3. The van der Waals surface area contributed by atoms with E-state index in [0.717, 1.165) is 12.8 Å². The molecule has 0 saturated carbocycles. The summed E-state index contributed by atoms with van der Waals surface area (Å²) in [6.45, 7) is 4.20. The number of rotatable bonds is 8. The second-order valence-electron chi connectivity index (χ2n) is 4.93. The van der Waals surface area contributed by atoms with Crippen LogP contribution < -0.4 is 21.5 Å². The summed E-state index contributed by atoms with van der Waals surface area (Å²) in [5.41, 5.74) is 10.9. The molecule has 6 nitrogen and oxygen atoms in total. The lowest BCUT2D eigenvalue weighted by Gasteiger charge is -2.31. The third kappa shape index (κ3) is 5.54. The SMILES string of the molecule is CCC(CC)(CN)NC(=O)c1ccc(OCC(N)=O)cc1.Cl. The van der Waals surface area contributed by atoms with Crippen LogP contribution in [0.15, 0.2) is 24.3 Å². The zero-order valence-electron chi connectivity index (χ0n) is 12.9. The van der Waals surface area contributed by atoms with E-state index in [1.54, 1.807) is 24.3 Å². The monoisotopic (exact) mass is 329 g/mol. The maximum Gasteiger partial charge on any atom is 0.255 e. The average molecular weight is 330 g/mol. The highest BCUT2D eigenvalue weighted by atomic mass is 35.5. The molecule has 0 saturated heterocycles. The van der Waals surface area contributed by atoms with Crippen molar-refractivity contribution in [2.75, 3.05) is 13.2 Å². The van der Waals surface area contributed by atoms with Crippen molar-refractivity contribution in [2.45, 2.75) is 32.2 Å². The number of primary amides is 1. The van der Waals surface area contributed by atoms with E-state index in [-0.39, 0.29) is 30.5 Å². The van der Waals surface area contributed by atoms with E-state index in [9.17, 15) is 9.59 Å². The minimum atomic E-state index is -0.546. The van der Waals surface area contributed by atoms with Crippen LogP contribution in [0.2, 0.25) is 0 Å². The standard InChI is InChI=1S/C15H23N3O3.ClH/c1-3-15(4-2,10-16)18-14(20)11-5-7-12(8-6-11)21-9-13(17)19;/h5-8H,3-4,9-10,16H2,1-2H3,(H2,17,19)(H,18,20);1H. The summed E-state index contributed by atoms with van der Waals surface area (Å²) in [7, 11) is 0. The molecular weight excluding hydrogens is 306 g/mol. The number of nitrogens with two attached hydrogens (primary N) is 2. The number of benzene rings is 1. The first-order chi connectivity index (χ1) is 9.96. The molecule has 1 aromatic rings. The molecule has 0 bridgehead atoms. The van der Waals surface area contributed by atoms with Crippen molar-refractivity contribution in [3.8, 4) is 5.75 Å². The summed E-state index contributed by atoms with van der Waals surface area (Å²) in [6.07, 6.45) is 1.54. The van der Waals surface area contributed by atoms with Gasteiger partial charge in [0.1, 0.15) is 5.75 Å². The number of nitrogens with one attached hydrogen (secondary N) is 1. The van der Waals surface area contributed by atoms with Crippen LogP contribution in [0.5, 0.6) is 5.75 Å². The van der Waals surface area contributed by atoms with Gasteiger partial charge in [-0.3, -0.25) is 9.59 Å². The fraction of sp³-hybridized carbons (Fsp3) is 0.467. The van der Waals surface area contributed by atoms with E-state index in [0.29, 0.717) is 17.9 Å². The van der Waals surface area contributed by atoms with Crippen LogP contribution in [0, 0.1) is 0 Å². The van der Waals surface area contributed by atoms with E-state index in [1.165, 1.54) is 0 Å². The molecule has 7 heteroatoms. The summed E-state index contributed by atoms with van der Waals surface area (Å²) in [4.78, 5) is 22.9. The maximum atomic E-state index is 12.2. The Morgan fingerprint density at radius 3 is 2.14 bits per heavy atom. The van der Waals surface area contributed by atoms with Gasteiger partial charge in [-0.25, -0.2) is 0 Å². The predicted octanol–water partition coefficient (Wildman–Crippen LogP) is 1.22. The molecular formula is C15H24ClN3O3. The molecule has 0 unspecified atom stereocenters. The zero-order chi connectivity index (χ0) is 15.9. The van der Waals surface area contributed by atoms with Crippen LogP contribution in [0.1, 0.15) is 37.0 Å². The second-order valence-corrected chi connectivity index (χ2v) is 4.93. The van der Waals surface area contributed by atoms with E-state index >= 15 is 0 Å². The third-order valence-corrected chi connectivity index (χ3v) is 3.62. The molecule has 0 spiro atoms. The molecule has 0 atom stereocenters. The first-order valence-electron chi connectivity index (χ1n) is 7.00. The van der Waals surface area contributed by atoms with Gasteiger partial charge in [-0.1, -0.05) is 13.8 Å². The molecule has 5 N–H and O–H groups in total. The number of ether oxygens (including phenoxy) is 1. The van der Waals surface area contributed by atoms with Crippen LogP contribution in [-0.2, 0) is 4.79 Å². The molecule has 124 valence electrons. The molecule has 0 aliphatic carbocycles. The lowest BCUT2D eigenvalue weighted by Crippen LogP contribution is -2.52. The smallest absolute Gasteiger partial charge is 0.255 e. The molecule has 2 amide bonds. The number of amides is 2. The summed E-state index contributed by atoms with van der Waals surface area (Å²) < 4.78 is 5.14. The van der Waals surface area contributed by atoms with Crippen molar-refractivity contribution in [3.05, 3.63) is 29.8 Å². The Bertz CT molecular complexity index is 479. The van der Waals surface area contributed by atoms with Gasteiger partial charge in [0.05, 0.1) is 5.54 Å². The number of hydrogen-bond acceptors (Lipinski definition) is 4. The minimum Gasteiger partial charge on any atom is -0.484 e. The number of halogens is 1. The summed E-state index contributed by atoms with van der Waals surface area (Å²) in [5.74, 6) is -0.234. The Kier molecular flexibility index (Phi) is 8.52. The van der Waals surface area contributed by atoms with Crippen molar-refractivity contribution >= 4 is 24.2 Å². The van der Waals surface area contributed by atoms with Crippen molar-refractivity contribution in [2.24, 2.45) is 11.5 Å². The average Bonchev–Trinajstić information content (AvgIpc) is 2.51. The van der Waals surface area contributed by atoms with Crippen LogP contribution in [0.4, 0.5) is 0 Å². The van der Waals surface area contributed by atoms with Crippen molar-refractivity contribution in [3.63, 3.8) is 0 Å². The minimum absolute atomic E-state index is 0. The molecule has 0 aromatic heterocycles. The van der Waals surface area contributed by atoms with Gasteiger partial charge in [-0.05, 0) is 37.1 Å². The van der Waals surface area contributed by atoms with E-state index in [4.69, 9.17) is 16.2 Å². The normalized spacial score (nSPS) is 10.5. The Morgan fingerprint density at radius 2 is 1.73 bits per heavy atom. The lowest BCUT2D eigenvalue weighted by atomic mass is 9.92. The third-order valence-electron chi connectivity index (χ3n) is 3.62. The molecule has 0 radical (unpaired) electrons. The van der Waals surface area contributed by atoms with Crippen molar-refractivity contribution < 1.29 is 14.3 Å². The van der Waals surface area contributed by atoms with Crippen molar-refractivity contribution in [1.29, 1.82) is 0 Å². The fourth-order valence-corrected chi connectivity index (χ4v) is 1.94. The first-order valence-corrected chi connectivity index (χ1v) is 7.00. The van der Waals surface area contributed by atoms with Crippen molar-refractivity contribution in [1.82, 2.24) is 5.32 Å². The molecule has 0 aliphatic heterocycles. The summed E-state index contributed by atoms with van der Waals surface area (Å²) >= 11 is 0. The van der Waals surface area contributed by atoms with Gasteiger partial charge in [0.15, 0.2) is 6.61 Å². The Labute approximate surface area is 137 Å². The maximum absolute atomic E-state index is 12.2. The first kappa shape index (κ1) is 20.2. The summed E-state index contributed by atoms with van der Waals surface area (Å²) in [5, 5.41) is 2.99. The highest BCUT2D eigenvalue weighted by molar-refractivity contribution is 5.94. The van der Waals surface area contributed by atoms with E-state index in [1.807, 2.05) is 13.8 Å². The Hall–Kier alpha value is -1.79. The molecule has 1 aromatic carbocycles. The van der Waals surface area contributed by atoms with Gasteiger partial charge in [0.25, 0.3) is 11.8 Å². The zero-order valence-corrected chi connectivity index (χ0v) is 13.7. The molecule has 0 fully saturated rings. The second kappa shape index (κ2) is 9.27. The van der Waals surface area contributed by atoms with E-state index < -0.39 is 5.91 Å². The van der Waals surface area contributed by atoms with Gasteiger partial charge >= 0.3 is 0 Å². The highest BCUT2D eigenvalue weighted by Crippen LogP contribution is 2.16. The predicted molar refractivity (Wildman–Crippen MR) is 88.2 cm³/mol.